The van der Waals surface area contributed by atoms with Crippen molar-refractivity contribution in [1.29, 1.82) is 0 Å². The quantitative estimate of drug-likeness (QED) is 0.560. The Hall–Kier alpha value is -1.91. The van der Waals surface area contributed by atoms with E-state index < -0.39 is 17.1 Å². The van der Waals surface area contributed by atoms with Crippen LogP contribution in [0.5, 0.6) is 0 Å². The maximum Gasteiger partial charge on any atom is 0.315 e. The van der Waals surface area contributed by atoms with Crippen molar-refractivity contribution in [3.05, 3.63) is 23.3 Å². The standard InChI is InChI=1S/C24H34F2N4O3S.ClH/c1-14(2)30(16-7-6-8-27-13-16)22(32)17-12-18-19(11-15(17)3)34-24(4,5)23(33)29(18)10-9-28-21(31)20(25)26;/h11-12,14,16,20,27H,6-10,13H2,1-5H3,(H,28,31);1H/t16-;/m1./s1. The highest BCUT2D eigenvalue weighted by Gasteiger charge is 2.41. The van der Waals surface area contributed by atoms with Gasteiger partial charge in [-0.3, -0.25) is 14.4 Å². The molecule has 0 unspecified atom stereocenters. The molecule has 35 heavy (non-hydrogen) atoms. The molecule has 1 atom stereocenters. The number of hydrogen-bond acceptors (Lipinski definition) is 5. The molecule has 0 bridgehead atoms. The fraction of sp³-hybridized carbons (Fsp3) is 0.625. The third-order valence-corrected chi connectivity index (χ3v) is 7.47. The lowest BCUT2D eigenvalue weighted by molar-refractivity contribution is -0.131. The first-order valence-corrected chi connectivity index (χ1v) is 12.5. The van der Waals surface area contributed by atoms with Crippen LogP contribution in [-0.2, 0) is 9.59 Å². The van der Waals surface area contributed by atoms with E-state index in [9.17, 15) is 23.2 Å². The number of aryl methyl sites for hydroxylation is 1. The minimum Gasteiger partial charge on any atom is -0.349 e. The van der Waals surface area contributed by atoms with Gasteiger partial charge >= 0.3 is 6.43 Å². The van der Waals surface area contributed by atoms with Gasteiger partial charge in [-0.25, -0.2) is 0 Å². The van der Waals surface area contributed by atoms with Gasteiger partial charge in [0, 0.05) is 42.2 Å². The van der Waals surface area contributed by atoms with Crippen molar-refractivity contribution in [2.75, 3.05) is 31.1 Å². The van der Waals surface area contributed by atoms with Crippen molar-refractivity contribution >= 4 is 47.6 Å². The largest absolute Gasteiger partial charge is 0.349 e. The predicted octanol–water partition coefficient (Wildman–Crippen LogP) is 3.62. The van der Waals surface area contributed by atoms with E-state index in [0.717, 1.165) is 36.4 Å². The van der Waals surface area contributed by atoms with Crippen LogP contribution in [-0.4, -0.2) is 72.1 Å². The summed E-state index contributed by atoms with van der Waals surface area (Å²) in [4.78, 5) is 42.5. The number of benzene rings is 1. The highest BCUT2D eigenvalue weighted by molar-refractivity contribution is 8.01. The number of nitrogens with zero attached hydrogens (tertiary/aromatic N) is 2. The van der Waals surface area contributed by atoms with Gasteiger partial charge in [-0.1, -0.05) is 0 Å². The molecule has 0 saturated carbocycles. The minimum absolute atomic E-state index is 0. The van der Waals surface area contributed by atoms with Crippen LogP contribution in [0.1, 0.15) is 56.5 Å². The van der Waals surface area contributed by atoms with Crippen LogP contribution in [0.2, 0.25) is 0 Å². The summed E-state index contributed by atoms with van der Waals surface area (Å²) in [7, 11) is 0. The first-order chi connectivity index (χ1) is 15.9. The van der Waals surface area contributed by atoms with Crippen molar-refractivity contribution < 1.29 is 23.2 Å². The monoisotopic (exact) mass is 532 g/mol. The predicted molar refractivity (Wildman–Crippen MR) is 137 cm³/mol. The van der Waals surface area contributed by atoms with E-state index >= 15 is 0 Å². The first-order valence-electron chi connectivity index (χ1n) is 11.7. The third kappa shape index (κ3) is 6.46. The molecule has 3 amide bonds. The fourth-order valence-corrected chi connectivity index (χ4v) is 5.82. The number of carbonyl (C=O) groups is 3. The van der Waals surface area contributed by atoms with E-state index in [1.807, 2.05) is 31.7 Å². The summed E-state index contributed by atoms with van der Waals surface area (Å²) in [6.45, 7) is 11.1. The number of anilines is 1. The molecule has 1 aromatic rings. The normalized spacial score (nSPS) is 19.3. The molecule has 2 aliphatic rings. The molecule has 1 aromatic carbocycles. The van der Waals surface area contributed by atoms with E-state index in [-0.39, 0.29) is 49.4 Å². The molecule has 2 N–H and O–H groups in total. The second-order valence-electron chi connectivity index (χ2n) is 9.60. The average Bonchev–Trinajstić information content (AvgIpc) is 2.76. The molecule has 196 valence electrons. The number of alkyl halides is 2. The van der Waals surface area contributed by atoms with Crippen LogP contribution in [0.4, 0.5) is 14.5 Å². The number of hydrogen-bond donors (Lipinski definition) is 2. The Morgan fingerprint density at radius 2 is 2.00 bits per heavy atom. The number of carbonyl (C=O) groups excluding carboxylic acids is 3. The average molecular weight is 533 g/mol. The van der Waals surface area contributed by atoms with Gasteiger partial charge < -0.3 is 20.4 Å². The molecule has 0 aromatic heterocycles. The molecule has 0 radical (unpaired) electrons. The topological polar surface area (TPSA) is 81.8 Å². The molecule has 0 aliphatic carbocycles. The van der Waals surface area contributed by atoms with E-state index in [2.05, 4.69) is 10.6 Å². The van der Waals surface area contributed by atoms with Gasteiger partial charge in [-0.15, -0.1) is 24.2 Å². The Morgan fingerprint density at radius 1 is 1.31 bits per heavy atom. The van der Waals surface area contributed by atoms with Gasteiger partial charge in [0.15, 0.2) is 0 Å². The third-order valence-electron chi connectivity index (χ3n) is 6.24. The van der Waals surface area contributed by atoms with Gasteiger partial charge in [0.05, 0.1) is 10.4 Å². The summed E-state index contributed by atoms with van der Waals surface area (Å²) >= 11 is 1.41. The molecule has 11 heteroatoms. The van der Waals surface area contributed by atoms with Crippen molar-refractivity contribution in [2.24, 2.45) is 0 Å². The van der Waals surface area contributed by atoms with Gasteiger partial charge in [0.25, 0.3) is 11.8 Å². The lowest BCUT2D eigenvalue weighted by atomic mass is 9.99. The number of amides is 3. The van der Waals surface area contributed by atoms with Crippen LogP contribution in [0.15, 0.2) is 17.0 Å². The molecule has 2 heterocycles. The zero-order valence-corrected chi connectivity index (χ0v) is 22.5. The molecule has 3 rings (SSSR count). The number of rotatable bonds is 7. The summed E-state index contributed by atoms with van der Waals surface area (Å²) < 4.78 is 24.4. The van der Waals surface area contributed by atoms with Crippen molar-refractivity contribution in [3.63, 3.8) is 0 Å². The van der Waals surface area contributed by atoms with Crippen LogP contribution < -0.4 is 15.5 Å². The summed E-state index contributed by atoms with van der Waals surface area (Å²) in [5.74, 6) is -1.65. The van der Waals surface area contributed by atoms with Crippen molar-refractivity contribution in [3.8, 4) is 0 Å². The summed E-state index contributed by atoms with van der Waals surface area (Å²) in [5.41, 5.74) is 1.91. The zero-order chi connectivity index (χ0) is 25.2. The Morgan fingerprint density at radius 3 is 2.57 bits per heavy atom. The molecular weight excluding hydrogens is 498 g/mol. The molecule has 1 fully saturated rings. The minimum atomic E-state index is -3.11. The molecule has 7 nitrogen and oxygen atoms in total. The van der Waals surface area contributed by atoms with Crippen molar-refractivity contribution in [2.45, 2.75) is 75.6 Å². The fourth-order valence-electron chi connectivity index (χ4n) is 4.57. The number of halogens is 3. The number of nitrogens with one attached hydrogen (secondary N) is 2. The smallest absolute Gasteiger partial charge is 0.315 e. The van der Waals surface area contributed by atoms with Gasteiger partial charge in [0.1, 0.15) is 0 Å². The molecule has 1 saturated heterocycles. The summed E-state index contributed by atoms with van der Waals surface area (Å²) in [6.07, 6.45) is -1.18. The summed E-state index contributed by atoms with van der Waals surface area (Å²) in [6, 6.07) is 3.76. The highest BCUT2D eigenvalue weighted by atomic mass is 35.5. The number of piperidine rings is 1. The number of fused-ring (bicyclic) bond motifs is 1. The molecule has 0 spiro atoms. The lowest BCUT2D eigenvalue weighted by Crippen LogP contribution is -2.52. The Kier molecular flexibility index (Phi) is 9.96. The maximum atomic E-state index is 13.7. The van der Waals surface area contributed by atoms with Gasteiger partial charge in [-0.2, -0.15) is 8.78 Å². The second-order valence-corrected chi connectivity index (χ2v) is 11.3. The van der Waals surface area contributed by atoms with Gasteiger partial charge in [-0.05, 0) is 71.7 Å². The van der Waals surface area contributed by atoms with E-state index in [4.69, 9.17) is 0 Å². The number of thioether (sulfide) groups is 1. The van der Waals surface area contributed by atoms with Crippen molar-refractivity contribution in [1.82, 2.24) is 15.5 Å². The SMILES string of the molecule is Cc1cc2c(cc1C(=O)N(C(C)C)[C@@H]1CCCNC1)N(CCNC(=O)C(F)F)C(=O)C(C)(C)S2.Cl. The first kappa shape index (κ1) is 29.3. The van der Waals surface area contributed by atoms with Crippen LogP contribution in [0.25, 0.3) is 0 Å². The second kappa shape index (κ2) is 11.9. The van der Waals surface area contributed by atoms with E-state index in [1.165, 1.54) is 16.7 Å². The van der Waals surface area contributed by atoms with E-state index in [1.54, 1.807) is 19.9 Å². The zero-order valence-electron chi connectivity index (χ0n) is 20.8. The Labute approximate surface area is 216 Å². The summed E-state index contributed by atoms with van der Waals surface area (Å²) in [5, 5.41) is 5.53. The molecular formula is C24H35ClF2N4O3S. The molecule has 2 aliphatic heterocycles. The lowest BCUT2D eigenvalue weighted by Gasteiger charge is -2.40. The van der Waals surface area contributed by atoms with Crippen LogP contribution in [0.3, 0.4) is 0 Å². The maximum absolute atomic E-state index is 13.7. The van der Waals surface area contributed by atoms with Crippen LogP contribution >= 0.6 is 24.2 Å². The Bertz CT molecular complexity index is 955. The highest BCUT2D eigenvalue weighted by Crippen LogP contribution is 2.46. The Balaban J connectivity index is 0.00000432. The van der Waals surface area contributed by atoms with Gasteiger partial charge in [0.2, 0.25) is 5.91 Å². The van der Waals surface area contributed by atoms with Crippen LogP contribution in [0, 0.1) is 6.92 Å². The van der Waals surface area contributed by atoms with E-state index in [0.29, 0.717) is 11.3 Å².